The number of nitrogens with one attached hydrogen (secondary N) is 2. The van der Waals surface area contributed by atoms with Crippen molar-refractivity contribution in [1.29, 1.82) is 0 Å². The zero-order valence-electron chi connectivity index (χ0n) is 18.7. The van der Waals surface area contributed by atoms with Crippen LogP contribution in [0.25, 0.3) is 0 Å². The van der Waals surface area contributed by atoms with Crippen molar-refractivity contribution in [3.05, 3.63) is 68.4 Å². The third-order valence-electron chi connectivity index (χ3n) is 5.55. The van der Waals surface area contributed by atoms with Gasteiger partial charge in [0.25, 0.3) is 5.91 Å². The summed E-state index contributed by atoms with van der Waals surface area (Å²) in [5.41, 5.74) is 0.490. The van der Waals surface area contributed by atoms with Crippen molar-refractivity contribution < 1.29 is 28.6 Å². The number of aliphatic hydroxyl groups excluding tert-OH is 1. The summed E-state index contributed by atoms with van der Waals surface area (Å²) in [7, 11) is 0. The van der Waals surface area contributed by atoms with E-state index in [1.54, 1.807) is 30.3 Å². The topological polar surface area (TPSA) is 108 Å². The Morgan fingerprint density at radius 2 is 2.06 bits per heavy atom. The fourth-order valence-corrected chi connectivity index (χ4v) is 6.18. The SMILES string of the molecule is O=C(Nc1ccc(I)cc1F)[C@H](CC1=CCC(Br)S1)N1C(=O)N[C@H](c2ccc(OCCO)cc2)C1=O. The maximum absolute atomic E-state index is 14.4. The zero-order valence-corrected chi connectivity index (χ0v) is 23.3. The first-order valence-electron chi connectivity index (χ1n) is 11.0. The molecule has 3 atom stereocenters. The van der Waals surface area contributed by atoms with Gasteiger partial charge in [-0.15, -0.1) is 11.8 Å². The molecule has 2 aliphatic heterocycles. The van der Waals surface area contributed by atoms with Crippen molar-refractivity contribution in [3.8, 4) is 5.75 Å². The molecule has 2 aromatic carbocycles. The van der Waals surface area contributed by atoms with E-state index in [4.69, 9.17) is 9.84 Å². The molecule has 3 N–H and O–H groups in total. The summed E-state index contributed by atoms with van der Waals surface area (Å²) < 4.78 is 20.6. The molecule has 2 heterocycles. The van der Waals surface area contributed by atoms with Gasteiger partial charge in [0, 0.05) is 9.99 Å². The molecule has 1 fully saturated rings. The van der Waals surface area contributed by atoms with E-state index in [9.17, 15) is 18.8 Å². The number of thioether (sulfide) groups is 1. The van der Waals surface area contributed by atoms with Crippen LogP contribution in [0.1, 0.15) is 24.4 Å². The Kier molecular flexibility index (Phi) is 8.91. The van der Waals surface area contributed by atoms with Gasteiger partial charge < -0.3 is 20.5 Å². The zero-order chi connectivity index (χ0) is 25.8. The second-order valence-corrected chi connectivity index (χ2v) is 12.3. The first-order chi connectivity index (χ1) is 17.3. The van der Waals surface area contributed by atoms with Crippen LogP contribution in [0.3, 0.4) is 0 Å². The summed E-state index contributed by atoms with van der Waals surface area (Å²) in [4.78, 5) is 41.5. The average molecular weight is 690 g/mol. The monoisotopic (exact) mass is 689 g/mol. The van der Waals surface area contributed by atoms with E-state index in [1.165, 1.54) is 23.9 Å². The van der Waals surface area contributed by atoms with Gasteiger partial charge in [-0.25, -0.2) is 14.1 Å². The van der Waals surface area contributed by atoms with Crippen LogP contribution in [0.15, 0.2) is 53.4 Å². The molecular formula is C24H22BrFIN3O5S. The molecule has 190 valence electrons. The highest BCUT2D eigenvalue weighted by Gasteiger charge is 2.46. The highest BCUT2D eigenvalue weighted by Crippen LogP contribution is 2.39. The number of amides is 4. The molecule has 12 heteroatoms. The van der Waals surface area contributed by atoms with E-state index in [1.807, 2.05) is 28.7 Å². The number of allylic oxidation sites excluding steroid dienone is 1. The Hall–Kier alpha value is -2.16. The van der Waals surface area contributed by atoms with Crippen LogP contribution < -0.4 is 15.4 Å². The Bertz CT molecular complexity index is 1200. The second-order valence-electron chi connectivity index (χ2n) is 8.00. The van der Waals surface area contributed by atoms with Crippen molar-refractivity contribution in [1.82, 2.24) is 10.2 Å². The third-order valence-corrected chi connectivity index (χ3v) is 8.24. The van der Waals surface area contributed by atoms with Crippen LogP contribution >= 0.6 is 50.3 Å². The van der Waals surface area contributed by atoms with Crippen molar-refractivity contribution >= 4 is 73.8 Å². The van der Waals surface area contributed by atoms with Crippen molar-refractivity contribution in [2.75, 3.05) is 18.5 Å². The Balaban J connectivity index is 1.57. The molecule has 0 spiro atoms. The number of halogens is 3. The highest BCUT2D eigenvalue weighted by molar-refractivity contribution is 14.1. The number of anilines is 1. The predicted octanol–water partition coefficient (Wildman–Crippen LogP) is 4.53. The van der Waals surface area contributed by atoms with Gasteiger partial charge in [0.05, 0.1) is 16.5 Å². The average Bonchev–Trinajstić information content (AvgIpc) is 3.39. The summed E-state index contributed by atoms with van der Waals surface area (Å²) in [6, 6.07) is 8.06. The smallest absolute Gasteiger partial charge is 0.325 e. The van der Waals surface area contributed by atoms with Crippen molar-refractivity contribution in [2.45, 2.75) is 29.1 Å². The minimum atomic E-state index is -1.18. The summed E-state index contributed by atoms with van der Waals surface area (Å²) in [6.07, 6.45) is 2.81. The lowest BCUT2D eigenvalue weighted by Crippen LogP contribution is -2.48. The minimum Gasteiger partial charge on any atom is -0.491 e. The van der Waals surface area contributed by atoms with Gasteiger partial charge in [0.1, 0.15) is 30.3 Å². The predicted molar refractivity (Wildman–Crippen MR) is 146 cm³/mol. The van der Waals surface area contributed by atoms with E-state index >= 15 is 0 Å². The van der Waals surface area contributed by atoms with Gasteiger partial charge >= 0.3 is 6.03 Å². The van der Waals surface area contributed by atoms with Crippen LogP contribution in [0.4, 0.5) is 14.9 Å². The standard InChI is InChI=1S/C24H22BrFIN3O5S/c25-20-8-6-16(36-20)12-19(22(32)28-18-7-3-14(27)11-17(18)26)30-23(33)21(29-24(30)34)13-1-4-15(5-2-13)35-10-9-31/h1-7,11,19-21,31H,8-10,12H2,(H,28,32)(H,29,34)/t19-,20?,21+/m0/s1. The molecule has 36 heavy (non-hydrogen) atoms. The van der Waals surface area contributed by atoms with Gasteiger partial charge in [-0.1, -0.05) is 34.1 Å². The van der Waals surface area contributed by atoms with Crippen LogP contribution in [0, 0.1) is 9.39 Å². The number of carbonyl (C=O) groups is 3. The number of benzene rings is 2. The Morgan fingerprint density at radius 3 is 2.69 bits per heavy atom. The Morgan fingerprint density at radius 1 is 1.31 bits per heavy atom. The maximum atomic E-state index is 14.4. The normalized spacial score (nSPS) is 20.2. The fourth-order valence-electron chi connectivity index (χ4n) is 3.85. The molecule has 0 saturated carbocycles. The number of urea groups is 1. The lowest BCUT2D eigenvalue weighted by Gasteiger charge is -2.25. The number of nitrogens with zero attached hydrogens (tertiary/aromatic N) is 1. The number of imide groups is 1. The van der Waals surface area contributed by atoms with E-state index < -0.39 is 35.7 Å². The van der Waals surface area contributed by atoms with Crippen LogP contribution in [0.2, 0.25) is 0 Å². The van der Waals surface area contributed by atoms with Gasteiger partial charge in [-0.2, -0.15) is 0 Å². The molecule has 1 unspecified atom stereocenters. The molecular weight excluding hydrogens is 668 g/mol. The van der Waals surface area contributed by atoms with Crippen molar-refractivity contribution in [2.24, 2.45) is 0 Å². The van der Waals surface area contributed by atoms with Crippen LogP contribution in [0.5, 0.6) is 5.75 Å². The second kappa shape index (κ2) is 11.9. The molecule has 8 nitrogen and oxygen atoms in total. The lowest BCUT2D eigenvalue weighted by atomic mass is 10.1. The molecule has 4 amide bonds. The molecule has 1 saturated heterocycles. The molecule has 0 bridgehead atoms. The van der Waals surface area contributed by atoms with Crippen LogP contribution in [-0.4, -0.2) is 51.3 Å². The number of aliphatic hydroxyl groups is 1. The number of ether oxygens (including phenoxy) is 1. The van der Waals surface area contributed by atoms with E-state index in [0.29, 0.717) is 14.9 Å². The highest BCUT2D eigenvalue weighted by atomic mass is 127. The van der Waals surface area contributed by atoms with Gasteiger partial charge in [0.2, 0.25) is 5.91 Å². The lowest BCUT2D eigenvalue weighted by molar-refractivity contribution is -0.134. The number of hydrogen-bond donors (Lipinski definition) is 3. The molecule has 0 aliphatic carbocycles. The minimum absolute atomic E-state index is 0.0288. The molecule has 0 radical (unpaired) electrons. The summed E-state index contributed by atoms with van der Waals surface area (Å²) >= 11 is 7.00. The van der Waals surface area contributed by atoms with E-state index in [-0.39, 0.29) is 29.5 Å². The van der Waals surface area contributed by atoms with Gasteiger partial charge in [-0.3, -0.25) is 9.59 Å². The number of alkyl halides is 1. The third kappa shape index (κ3) is 6.21. The van der Waals surface area contributed by atoms with E-state index in [0.717, 1.165) is 16.2 Å². The molecule has 2 aromatic rings. The number of hydrogen-bond acceptors (Lipinski definition) is 6. The molecule has 2 aliphatic rings. The first kappa shape index (κ1) is 26.9. The number of rotatable bonds is 9. The van der Waals surface area contributed by atoms with Crippen LogP contribution in [-0.2, 0) is 9.59 Å². The Labute approximate surface area is 233 Å². The largest absolute Gasteiger partial charge is 0.491 e. The first-order valence-corrected chi connectivity index (χ1v) is 13.9. The summed E-state index contributed by atoms with van der Waals surface area (Å²) in [5.74, 6) is -1.34. The van der Waals surface area contributed by atoms with Gasteiger partial charge in [-0.05, 0) is 69.8 Å². The van der Waals surface area contributed by atoms with E-state index in [2.05, 4.69) is 26.6 Å². The van der Waals surface area contributed by atoms with Gasteiger partial charge in [0.15, 0.2) is 0 Å². The quantitative estimate of drug-likeness (QED) is 0.203. The molecule has 0 aromatic heterocycles. The summed E-state index contributed by atoms with van der Waals surface area (Å²) in [6.45, 7) is 0.00127. The fraction of sp³-hybridized carbons (Fsp3) is 0.292. The molecule has 4 rings (SSSR count). The van der Waals surface area contributed by atoms with Crippen molar-refractivity contribution in [3.63, 3.8) is 0 Å². The number of carbonyl (C=O) groups excluding carboxylic acids is 3. The maximum Gasteiger partial charge on any atom is 0.325 e. The summed E-state index contributed by atoms with van der Waals surface area (Å²) in [5, 5.41) is 14.1.